The van der Waals surface area contributed by atoms with Crippen LogP contribution in [0.4, 0.5) is 5.69 Å². The Morgan fingerprint density at radius 2 is 1.74 bits per heavy atom. The SMILES string of the molecule is CC(=O)Nc1ccc(CN2C(=O)c3ccccc3C2=O)c2c1C(=O)CCO2. The number of hydrogen-bond donors (Lipinski definition) is 1. The summed E-state index contributed by atoms with van der Waals surface area (Å²) in [4.78, 5) is 50.2. The number of fused-ring (bicyclic) bond motifs is 2. The largest absolute Gasteiger partial charge is 0.492 e. The summed E-state index contributed by atoms with van der Waals surface area (Å²) in [6.07, 6.45) is 0.204. The number of anilines is 1. The third kappa shape index (κ3) is 2.77. The molecular weight excluding hydrogens is 348 g/mol. The summed E-state index contributed by atoms with van der Waals surface area (Å²) < 4.78 is 5.68. The van der Waals surface area contributed by atoms with E-state index in [0.717, 1.165) is 4.90 Å². The Morgan fingerprint density at radius 1 is 1.07 bits per heavy atom. The van der Waals surface area contributed by atoms with E-state index in [-0.39, 0.29) is 48.6 Å². The highest BCUT2D eigenvalue weighted by Crippen LogP contribution is 2.36. The minimum Gasteiger partial charge on any atom is -0.492 e. The Bertz CT molecular complexity index is 976. The van der Waals surface area contributed by atoms with E-state index in [1.165, 1.54) is 6.92 Å². The molecule has 3 amide bonds. The molecule has 2 aromatic carbocycles. The van der Waals surface area contributed by atoms with Crippen LogP contribution in [0.25, 0.3) is 0 Å². The number of imide groups is 1. The Labute approximate surface area is 154 Å². The molecule has 136 valence electrons. The number of Topliss-reactive ketones (excluding diaryl/α,β-unsaturated/α-hetero) is 1. The average Bonchev–Trinajstić information content (AvgIpc) is 2.88. The zero-order chi connectivity index (χ0) is 19.1. The number of nitrogens with zero attached hydrogens (tertiary/aromatic N) is 1. The predicted octanol–water partition coefficient (Wildman–Crippen LogP) is 2.41. The summed E-state index contributed by atoms with van der Waals surface area (Å²) in [7, 11) is 0. The summed E-state index contributed by atoms with van der Waals surface area (Å²) in [5.74, 6) is -0.892. The lowest BCUT2D eigenvalue weighted by Crippen LogP contribution is -2.30. The van der Waals surface area contributed by atoms with Crippen molar-refractivity contribution < 1.29 is 23.9 Å². The maximum Gasteiger partial charge on any atom is 0.261 e. The molecule has 7 nitrogen and oxygen atoms in total. The van der Waals surface area contributed by atoms with Gasteiger partial charge in [0.15, 0.2) is 5.78 Å². The van der Waals surface area contributed by atoms with Crippen molar-refractivity contribution in [3.63, 3.8) is 0 Å². The number of amides is 3. The molecule has 2 heterocycles. The molecule has 1 N–H and O–H groups in total. The molecule has 0 fully saturated rings. The van der Waals surface area contributed by atoms with E-state index in [9.17, 15) is 19.2 Å². The van der Waals surface area contributed by atoms with Gasteiger partial charge in [0, 0.05) is 18.9 Å². The highest BCUT2D eigenvalue weighted by molar-refractivity contribution is 6.21. The Hall–Kier alpha value is -3.48. The molecule has 0 saturated carbocycles. The van der Waals surface area contributed by atoms with Gasteiger partial charge in [-0.1, -0.05) is 18.2 Å². The van der Waals surface area contributed by atoms with Crippen molar-refractivity contribution in [1.29, 1.82) is 0 Å². The summed E-state index contributed by atoms with van der Waals surface area (Å²) in [5.41, 5.74) is 1.92. The van der Waals surface area contributed by atoms with Crippen LogP contribution in [0.5, 0.6) is 5.75 Å². The Balaban J connectivity index is 1.73. The fourth-order valence-electron chi connectivity index (χ4n) is 3.41. The van der Waals surface area contributed by atoms with Crippen molar-refractivity contribution in [2.75, 3.05) is 11.9 Å². The number of carbonyl (C=O) groups is 4. The number of rotatable bonds is 3. The zero-order valence-corrected chi connectivity index (χ0v) is 14.6. The van der Waals surface area contributed by atoms with Gasteiger partial charge in [-0.05, 0) is 18.2 Å². The minimum absolute atomic E-state index is 0.0116. The van der Waals surface area contributed by atoms with E-state index in [4.69, 9.17) is 4.74 Å². The first-order valence-corrected chi connectivity index (χ1v) is 8.52. The summed E-state index contributed by atoms with van der Waals surface area (Å²) in [6, 6.07) is 9.90. The number of hydrogen-bond acceptors (Lipinski definition) is 5. The smallest absolute Gasteiger partial charge is 0.261 e. The van der Waals surface area contributed by atoms with Crippen molar-refractivity contribution in [1.82, 2.24) is 4.90 Å². The van der Waals surface area contributed by atoms with Crippen LogP contribution in [0.15, 0.2) is 36.4 Å². The van der Waals surface area contributed by atoms with Gasteiger partial charge in [0.1, 0.15) is 5.75 Å². The predicted molar refractivity (Wildman–Crippen MR) is 95.8 cm³/mol. The maximum absolute atomic E-state index is 12.6. The Kier molecular flexibility index (Phi) is 3.99. The first kappa shape index (κ1) is 17.0. The van der Waals surface area contributed by atoms with Crippen LogP contribution >= 0.6 is 0 Å². The van der Waals surface area contributed by atoms with E-state index in [2.05, 4.69) is 5.32 Å². The number of ether oxygens (including phenoxy) is 1. The van der Waals surface area contributed by atoms with E-state index >= 15 is 0 Å². The monoisotopic (exact) mass is 364 g/mol. The van der Waals surface area contributed by atoms with E-state index in [0.29, 0.717) is 28.1 Å². The van der Waals surface area contributed by atoms with Gasteiger partial charge in [-0.25, -0.2) is 0 Å². The van der Waals surface area contributed by atoms with Crippen LogP contribution in [-0.2, 0) is 11.3 Å². The molecule has 0 saturated heterocycles. The third-order valence-corrected chi connectivity index (χ3v) is 4.61. The van der Waals surface area contributed by atoms with Crippen LogP contribution in [0.3, 0.4) is 0 Å². The lowest BCUT2D eigenvalue weighted by Gasteiger charge is -2.24. The molecule has 4 rings (SSSR count). The number of benzene rings is 2. The third-order valence-electron chi connectivity index (χ3n) is 4.61. The number of carbonyl (C=O) groups excluding carboxylic acids is 4. The quantitative estimate of drug-likeness (QED) is 0.845. The van der Waals surface area contributed by atoms with Gasteiger partial charge in [-0.3, -0.25) is 24.1 Å². The molecule has 0 atom stereocenters. The number of nitrogens with one attached hydrogen (secondary N) is 1. The zero-order valence-electron chi connectivity index (χ0n) is 14.6. The van der Waals surface area contributed by atoms with Crippen molar-refractivity contribution in [2.24, 2.45) is 0 Å². The van der Waals surface area contributed by atoms with E-state index in [1.807, 2.05) is 0 Å². The fraction of sp³-hybridized carbons (Fsp3) is 0.200. The second-order valence-corrected chi connectivity index (χ2v) is 6.42. The van der Waals surface area contributed by atoms with Gasteiger partial charge in [0.25, 0.3) is 11.8 Å². The van der Waals surface area contributed by atoms with Crippen molar-refractivity contribution in [3.05, 3.63) is 58.7 Å². The van der Waals surface area contributed by atoms with Gasteiger partial charge in [0.2, 0.25) is 5.91 Å². The molecule has 7 heteroatoms. The average molecular weight is 364 g/mol. The van der Waals surface area contributed by atoms with Gasteiger partial charge in [-0.15, -0.1) is 0 Å². The van der Waals surface area contributed by atoms with Crippen molar-refractivity contribution in [2.45, 2.75) is 19.9 Å². The van der Waals surface area contributed by atoms with Crippen molar-refractivity contribution >= 4 is 29.2 Å². The van der Waals surface area contributed by atoms with Gasteiger partial charge in [0.05, 0.1) is 35.5 Å². The topological polar surface area (TPSA) is 92.8 Å². The fourth-order valence-corrected chi connectivity index (χ4v) is 3.41. The summed E-state index contributed by atoms with van der Waals surface area (Å²) >= 11 is 0. The highest BCUT2D eigenvalue weighted by atomic mass is 16.5. The molecule has 0 aliphatic carbocycles. The second-order valence-electron chi connectivity index (χ2n) is 6.42. The molecule has 0 bridgehead atoms. The molecule has 0 unspecified atom stereocenters. The minimum atomic E-state index is -0.377. The van der Waals surface area contributed by atoms with Crippen LogP contribution in [0.2, 0.25) is 0 Å². The summed E-state index contributed by atoms with van der Waals surface area (Å²) in [5, 5.41) is 2.63. The maximum atomic E-state index is 12.6. The molecule has 2 aliphatic rings. The van der Waals surface area contributed by atoms with Crippen LogP contribution < -0.4 is 10.1 Å². The molecule has 0 aromatic heterocycles. The summed E-state index contributed by atoms with van der Waals surface area (Å²) in [6.45, 7) is 1.56. The number of ketones is 1. The van der Waals surface area contributed by atoms with Gasteiger partial charge in [-0.2, -0.15) is 0 Å². The van der Waals surface area contributed by atoms with Crippen LogP contribution in [0.1, 0.15) is 50.0 Å². The first-order valence-electron chi connectivity index (χ1n) is 8.52. The second kappa shape index (κ2) is 6.35. The van der Waals surface area contributed by atoms with E-state index < -0.39 is 0 Å². The van der Waals surface area contributed by atoms with Crippen molar-refractivity contribution in [3.8, 4) is 5.75 Å². The molecule has 0 spiro atoms. The molecule has 2 aliphatic heterocycles. The Morgan fingerprint density at radius 3 is 2.37 bits per heavy atom. The van der Waals surface area contributed by atoms with Gasteiger partial charge < -0.3 is 10.1 Å². The molecule has 2 aromatic rings. The van der Waals surface area contributed by atoms with Crippen LogP contribution in [-0.4, -0.2) is 35.0 Å². The molecule has 27 heavy (non-hydrogen) atoms. The van der Waals surface area contributed by atoms with Gasteiger partial charge >= 0.3 is 0 Å². The highest BCUT2D eigenvalue weighted by Gasteiger charge is 2.36. The first-order chi connectivity index (χ1) is 13.0. The van der Waals surface area contributed by atoms with E-state index in [1.54, 1.807) is 36.4 Å². The standard InChI is InChI=1S/C20H16N2O5/c1-11(23)21-15-7-6-12(18-17(15)16(24)8-9-27-18)10-22-19(25)13-4-2-3-5-14(13)20(22)26/h2-7H,8-10H2,1H3,(H,21,23). The lowest BCUT2D eigenvalue weighted by molar-refractivity contribution is -0.114. The van der Waals surface area contributed by atoms with Crippen LogP contribution in [0, 0.1) is 0 Å². The molecule has 0 radical (unpaired) electrons. The normalized spacial score (nSPS) is 15.3. The lowest BCUT2D eigenvalue weighted by atomic mass is 9.98. The molecular formula is C20H16N2O5.